The number of carbonyl (C=O) groups is 1. The van der Waals surface area contributed by atoms with Gasteiger partial charge in [0, 0.05) is 30.6 Å². The minimum atomic E-state index is 0.117. The number of hydrogen-bond donors (Lipinski definition) is 0. The highest BCUT2D eigenvalue weighted by Crippen LogP contribution is 2.40. The summed E-state index contributed by atoms with van der Waals surface area (Å²) in [6, 6.07) is 16.3. The van der Waals surface area contributed by atoms with Crippen molar-refractivity contribution in [2.24, 2.45) is 5.41 Å². The Morgan fingerprint density at radius 2 is 1.83 bits per heavy atom. The fourth-order valence-electron chi connectivity index (χ4n) is 5.31. The summed E-state index contributed by atoms with van der Waals surface area (Å²) in [5.74, 6) is 1.52. The molecule has 1 atom stereocenters. The van der Waals surface area contributed by atoms with Crippen molar-refractivity contribution in [3.63, 3.8) is 0 Å². The summed E-state index contributed by atoms with van der Waals surface area (Å²) in [6.07, 6.45) is 5.90. The highest BCUT2D eigenvalue weighted by Gasteiger charge is 2.42. The molecule has 3 aliphatic rings. The van der Waals surface area contributed by atoms with Crippen LogP contribution in [0.5, 0.6) is 11.5 Å². The van der Waals surface area contributed by atoms with Gasteiger partial charge >= 0.3 is 0 Å². The molecule has 2 aromatic rings. The fourth-order valence-corrected chi connectivity index (χ4v) is 5.31. The van der Waals surface area contributed by atoms with Crippen molar-refractivity contribution in [3.8, 4) is 11.5 Å². The van der Waals surface area contributed by atoms with Gasteiger partial charge in [0.15, 0.2) is 11.5 Å². The summed E-state index contributed by atoms with van der Waals surface area (Å²) in [5, 5.41) is 0. The van der Waals surface area contributed by atoms with E-state index in [-0.39, 0.29) is 18.1 Å². The van der Waals surface area contributed by atoms with Crippen LogP contribution in [0.2, 0.25) is 0 Å². The standard InChI is InChI=1S/C25H30N2O3/c28-24(21-9-10-22-23(16-21)30-19-29-22)27-15-12-25(18-27)11-5-14-26(17-25)13-4-8-20-6-2-1-3-7-20/h1-3,6-7,9-10,16H,4-5,8,11-15,17-19H2/t25-/m0/s1. The van der Waals surface area contributed by atoms with Gasteiger partial charge in [0.1, 0.15) is 0 Å². The van der Waals surface area contributed by atoms with E-state index in [1.54, 1.807) is 0 Å². The Morgan fingerprint density at radius 3 is 2.73 bits per heavy atom. The Labute approximate surface area is 178 Å². The number of piperidine rings is 1. The molecule has 0 radical (unpaired) electrons. The zero-order valence-corrected chi connectivity index (χ0v) is 17.5. The summed E-state index contributed by atoms with van der Waals surface area (Å²) >= 11 is 0. The van der Waals surface area contributed by atoms with E-state index in [9.17, 15) is 4.79 Å². The maximum absolute atomic E-state index is 13.1. The number of aryl methyl sites for hydroxylation is 1. The van der Waals surface area contributed by atoms with Gasteiger partial charge in [-0.15, -0.1) is 0 Å². The average Bonchev–Trinajstić information content (AvgIpc) is 3.41. The lowest BCUT2D eigenvalue weighted by molar-refractivity contribution is 0.0688. The molecule has 3 aliphatic heterocycles. The molecule has 0 aromatic heterocycles. The van der Waals surface area contributed by atoms with Gasteiger partial charge in [-0.05, 0) is 69.0 Å². The molecule has 1 amide bonds. The van der Waals surface area contributed by atoms with Crippen molar-refractivity contribution in [2.45, 2.75) is 32.1 Å². The van der Waals surface area contributed by atoms with Gasteiger partial charge in [-0.2, -0.15) is 0 Å². The van der Waals surface area contributed by atoms with Crippen molar-refractivity contribution in [3.05, 3.63) is 59.7 Å². The Hall–Kier alpha value is -2.53. The van der Waals surface area contributed by atoms with E-state index in [4.69, 9.17) is 9.47 Å². The zero-order chi connectivity index (χ0) is 20.4. The van der Waals surface area contributed by atoms with Crippen LogP contribution in [0.25, 0.3) is 0 Å². The maximum Gasteiger partial charge on any atom is 0.254 e. The van der Waals surface area contributed by atoms with E-state index in [0.29, 0.717) is 11.3 Å². The highest BCUT2D eigenvalue weighted by atomic mass is 16.7. The SMILES string of the molecule is O=C(c1ccc2c(c1)OCO2)N1CC[C@]2(CCCN(CCCc3ccccc3)C2)C1. The summed E-state index contributed by atoms with van der Waals surface area (Å²) in [6.45, 7) is 5.41. The van der Waals surface area contributed by atoms with Crippen LogP contribution in [0, 0.1) is 5.41 Å². The molecule has 0 aliphatic carbocycles. The molecule has 5 heteroatoms. The van der Waals surface area contributed by atoms with Crippen LogP contribution < -0.4 is 9.47 Å². The van der Waals surface area contributed by atoms with Crippen LogP contribution in [-0.4, -0.2) is 55.2 Å². The van der Waals surface area contributed by atoms with Crippen LogP contribution in [-0.2, 0) is 6.42 Å². The highest BCUT2D eigenvalue weighted by molar-refractivity contribution is 5.95. The van der Waals surface area contributed by atoms with Crippen LogP contribution in [0.3, 0.4) is 0 Å². The van der Waals surface area contributed by atoms with Gasteiger partial charge in [0.25, 0.3) is 5.91 Å². The van der Waals surface area contributed by atoms with Crippen molar-refractivity contribution < 1.29 is 14.3 Å². The van der Waals surface area contributed by atoms with E-state index in [0.717, 1.165) is 44.8 Å². The first-order chi connectivity index (χ1) is 14.7. The number of fused-ring (bicyclic) bond motifs is 1. The molecule has 0 saturated carbocycles. The van der Waals surface area contributed by atoms with Gasteiger partial charge in [-0.1, -0.05) is 30.3 Å². The van der Waals surface area contributed by atoms with Crippen molar-refractivity contribution in [2.75, 3.05) is 39.5 Å². The van der Waals surface area contributed by atoms with Gasteiger partial charge in [-0.25, -0.2) is 0 Å². The first-order valence-electron chi connectivity index (χ1n) is 11.2. The monoisotopic (exact) mass is 406 g/mol. The molecule has 0 bridgehead atoms. The number of amides is 1. The fraction of sp³-hybridized carbons (Fsp3) is 0.480. The van der Waals surface area contributed by atoms with Gasteiger partial charge < -0.3 is 19.3 Å². The summed E-state index contributed by atoms with van der Waals surface area (Å²) in [5.41, 5.74) is 2.38. The van der Waals surface area contributed by atoms with Crippen LogP contribution in [0.15, 0.2) is 48.5 Å². The van der Waals surface area contributed by atoms with Crippen molar-refractivity contribution in [1.82, 2.24) is 9.80 Å². The molecule has 0 N–H and O–H groups in total. The number of carbonyl (C=O) groups excluding carboxylic acids is 1. The molecule has 158 valence electrons. The van der Waals surface area contributed by atoms with Crippen molar-refractivity contribution in [1.29, 1.82) is 0 Å². The van der Waals surface area contributed by atoms with E-state index in [2.05, 4.69) is 35.2 Å². The molecule has 2 saturated heterocycles. The minimum absolute atomic E-state index is 0.117. The Bertz CT molecular complexity index is 901. The number of likely N-dealkylation sites (tertiary alicyclic amines) is 2. The van der Waals surface area contributed by atoms with E-state index < -0.39 is 0 Å². The summed E-state index contributed by atoms with van der Waals surface area (Å²) < 4.78 is 10.8. The molecule has 2 fully saturated rings. The molecule has 5 nitrogen and oxygen atoms in total. The van der Waals surface area contributed by atoms with Gasteiger partial charge in [0.05, 0.1) is 0 Å². The summed E-state index contributed by atoms with van der Waals surface area (Å²) in [4.78, 5) is 17.8. The normalized spacial score (nSPS) is 23.3. The summed E-state index contributed by atoms with van der Waals surface area (Å²) in [7, 11) is 0. The third kappa shape index (κ3) is 4.04. The lowest BCUT2D eigenvalue weighted by atomic mass is 9.79. The third-order valence-electron chi connectivity index (χ3n) is 6.87. The zero-order valence-electron chi connectivity index (χ0n) is 17.5. The number of ether oxygens (including phenoxy) is 2. The van der Waals surface area contributed by atoms with Crippen molar-refractivity contribution >= 4 is 5.91 Å². The van der Waals surface area contributed by atoms with Gasteiger partial charge in [0.2, 0.25) is 6.79 Å². The topological polar surface area (TPSA) is 42.0 Å². The smallest absolute Gasteiger partial charge is 0.254 e. The number of rotatable bonds is 5. The number of hydrogen-bond acceptors (Lipinski definition) is 4. The molecule has 0 unspecified atom stereocenters. The largest absolute Gasteiger partial charge is 0.454 e. The Morgan fingerprint density at radius 1 is 0.967 bits per heavy atom. The first-order valence-corrected chi connectivity index (χ1v) is 11.2. The quantitative estimate of drug-likeness (QED) is 0.753. The molecule has 30 heavy (non-hydrogen) atoms. The second-order valence-electron chi connectivity index (χ2n) is 9.01. The van der Waals surface area contributed by atoms with E-state index in [1.165, 1.54) is 31.4 Å². The molecule has 5 rings (SSSR count). The Balaban J connectivity index is 1.17. The van der Waals surface area contributed by atoms with E-state index in [1.807, 2.05) is 23.1 Å². The Kier molecular flexibility index (Phi) is 5.38. The third-order valence-corrected chi connectivity index (χ3v) is 6.87. The second-order valence-corrected chi connectivity index (χ2v) is 9.01. The van der Waals surface area contributed by atoms with E-state index >= 15 is 0 Å². The predicted molar refractivity (Wildman–Crippen MR) is 116 cm³/mol. The molecule has 3 heterocycles. The van der Waals surface area contributed by atoms with Crippen LogP contribution in [0.4, 0.5) is 0 Å². The van der Waals surface area contributed by atoms with Crippen LogP contribution in [0.1, 0.15) is 41.6 Å². The minimum Gasteiger partial charge on any atom is -0.454 e. The number of nitrogens with zero attached hydrogens (tertiary/aromatic N) is 2. The molecule has 1 spiro atoms. The van der Waals surface area contributed by atoms with Crippen LogP contribution >= 0.6 is 0 Å². The maximum atomic E-state index is 13.1. The lowest BCUT2D eigenvalue weighted by Crippen LogP contribution is -2.45. The predicted octanol–water partition coefficient (Wildman–Crippen LogP) is 3.98. The lowest BCUT2D eigenvalue weighted by Gasteiger charge is -2.40. The second kappa shape index (κ2) is 8.31. The first kappa shape index (κ1) is 19.4. The number of benzene rings is 2. The van der Waals surface area contributed by atoms with Gasteiger partial charge in [-0.3, -0.25) is 4.79 Å². The molecular formula is C25H30N2O3. The molecular weight excluding hydrogens is 376 g/mol. The average molecular weight is 407 g/mol. The molecule has 2 aromatic carbocycles.